The molecule has 0 bridgehead atoms. The van der Waals surface area contributed by atoms with Gasteiger partial charge in [-0.25, -0.2) is 9.78 Å². The van der Waals surface area contributed by atoms with Gasteiger partial charge in [-0.2, -0.15) is 0 Å². The highest BCUT2D eigenvalue weighted by Crippen LogP contribution is 2.45. The molecule has 2 aromatic carbocycles. The van der Waals surface area contributed by atoms with Crippen molar-refractivity contribution in [1.82, 2.24) is 15.2 Å². The fourth-order valence-corrected chi connectivity index (χ4v) is 7.27. The van der Waals surface area contributed by atoms with E-state index in [-0.39, 0.29) is 34.7 Å². The Kier molecular flexibility index (Phi) is 11.1. The number of benzene rings is 2. The number of hydrogen-bond acceptors (Lipinski definition) is 12. The van der Waals surface area contributed by atoms with E-state index in [0.717, 1.165) is 11.3 Å². The van der Waals surface area contributed by atoms with Gasteiger partial charge in [0, 0.05) is 23.1 Å². The van der Waals surface area contributed by atoms with Gasteiger partial charge in [0.1, 0.15) is 42.4 Å². The number of ether oxygens (including phenoxy) is 2. The number of esters is 2. The highest BCUT2D eigenvalue weighted by atomic mass is 35.5. The molecule has 0 radical (unpaired) electrons. The molecule has 0 aliphatic carbocycles. The topological polar surface area (TPSA) is 166 Å². The zero-order valence-electron chi connectivity index (χ0n) is 25.9. The number of aromatic nitrogens is 1. The van der Waals surface area contributed by atoms with Gasteiger partial charge in [-0.05, 0) is 18.1 Å². The minimum atomic E-state index is -1.06. The summed E-state index contributed by atoms with van der Waals surface area (Å²) in [5, 5.41) is 9.53. The second-order valence-electron chi connectivity index (χ2n) is 10.4. The summed E-state index contributed by atoms with van der Waals surface area (Å²) in [6.45, 7) is 2.82. The number of nitrogens with one attached hydrogen (secondary N) is 2. The fraction of sp³-hybridized carbons (Fsp3) is 0.281. The van der Waals surface area contributed by atoms with Gasteiger partial charge in [0.05, 0.1) is 0 Å². The Labute approximate surface area is 288 Å². The van der Waals surface area contributed by atoms with E-state index in [9.17, 15) is 24.0 Å². The van der Waals surface area contributed by atoms with E-state index in [2.05, 4.69) is 20.8 Å². The zero-order valence-corrected chi connectivity index (χ0v) is 28.3. The lowest BCUT2D eigenvalue weighted by Crippen LogP contribution is -2.71. The SMILES string of the molecule is CO/N=C(/C(=O)NC1C(=O)N2C(C(=O)OC(c3ccccc3)c3ccccc3)=C(COC(C)=O)[C@H](C)S[C@H]12)c1csc(NC(=O)CCl)n1. The predicted octanol–water partition coefficient (Wildman–Crippen LogP) is 3.61. The third-order valence-electron chi connectivity index (χ3n) is 7.28. The van der Waals surface area contributed by atoms with Gasteiger partial charge < -0.3 is 24.9 Å². The number of halogens is 1. The molecule has 1 saturated heterocycles. The third-order valence-corrected chi connectivity index (χ3v) is 9.73. The van der Waals surface area contributed by atoms with Crippen molar-refractivity contribution in [1.29, 1.82) is 0 Å². The summed E-state index contributed by atoms with van der Waals surface area (Å²) in [7, 11) is 1.25. The van der Waals surface area contributed by atoms with Gasteiger partial charge in [-0.1, -0.05) is 65.8 Å². The van der Waals surface area contributed by atoms with Crippen molar-refractivity contribution in [2.75, 3.05) is 24.9 Å². The summed E-state index contributed by atoms with van der Waals surface area (Å²) >= 11 is 7.90. The lowest BCUT2D eigenvalue weighted by Gasteiger charge is -2.51. The third kappa shape index (κ3) is 7.53. The van der Waals surface area contributed by atoms with E-state index in [0.29, 0.717) is 16.7 Å². The second-order valence-corrected chi connectivity index (χ2v) is 13.0. The maximum atomic E-state index is 14.1. The minimum absolute atomic E-state index is 0.0511. The van der Waals surface area contributed by atoms with E-state index in [4.69, 9.17) is 25.9 Å². The summed E-state index contributed by atoms with van der Waals surface area (Å²) in [6.07, 6.45) is -0.803. The number of nitrogens with zero attached hydrogens (tertiary/aromatic N) is 3. The van der Waals surface area contributed by atoms with E-state index in [1.165, 1.54) is 36.1 Å². The van der Waals surface area contributed by atoms with Crippen LogP contribution in [0, 0.1) is 0 Å². The molecular formula is C32H30ClN5O8S2. The van der Waals surface area contributed by atoms with Crippen molar-refractivity contribution in [3.8, 4) is 0 Å². The number of amides is 3. The van der Waals surface area contributed by atoms with Gasteiger partial charge in [0.2, 0.25) is 5.91 Å². The minimum Gasteiger partial charge on any atom is -0.461 e. The fourth-order valence-electron chi connectivity index (χ4n) is 5.05. The summed E-state index contributed by atoms with van der Waals surface area (Å²) in [6, 6.07) is 17.3. The van der Waals surface area contributed by atoms with Crippen LogP contribution in [0.4, 0.5) is 5.13 Å². The molecule has 250 valence electrons. The Morgan fingerprint density at radius 1 is 1.06 bits per heavy atom. The van der Waals surface area contributed by atoms with Crippen molar-refractivity contribution in [3.63, 3.8) is 0 Å². The number of carbonyl (C=O) groups excluding carboxylic acids is 5. The molecule has 5 rings (SSSR count). The first-order valence-electron chi connectivity index (χ1n) is 14.5. The molecule has 0 saturated carbocycles. The number of thiazole rings is 1. The maximum Gasteiger partial charge on any atom is 0.356 e. The number of fused-ring (bicyclic) bond motifs is 1. The Hall–Kier alpha value is -4.73. The molecule has 0 spiro atoms. The molecular weight excluding hydrogens is 682 g/mol. The summed E-state index contributed by atoms with van der Waals surface area (Å²) in [4.78, 5) is 75.1. The first kappa shape index (κ1) is 34.6. The van der Waals surface area contributed by atoms with Crippen molar-refractivity contribution in [3.05, 3.63) is 94.1 Å². The molecule has 13 nitrogen and oxygen atoms in total. The highest BCUT2D eigenvalue weighted by molar-refractivity contribution is 8.00. The molecule has 16 heteroatoms. The lowest BCUT2D eigenvalue weighted by molar-refractivity contribution is -0.154. The van der Waals surface area contributed by atoms with E-state index in [1.807, 2.05) is 67.6 Å². The quantitative estimate of drug-likeness (QED) is 0.0932. The van der Waals surface area contributed by atoms with Crippen LogP contribution in [0.1, 0.15) is 36.8 Å². The van der Waals surface area contributed by atoms with Crippen LogP contribution < -0.4 is 10.6 Å². The van der Waals surface area contributed by atoms with Crippen molar-refractivity contribution in [2.45, 2.75) is 36.6 Å². The largest absolute Gasteiger partial charge is 0.461 e. The second kappa shape index (κ2) is 15.4. The monoisotopic (exact) mass is 711 g/mol. The molecule has 2 aliphatic heterocycles. The van der Waals surface area contributed by atoms with Crippen LogP contribution in [0.15, 0.2) is 82.5 Å². The molecule has 1 fully saturated rings. The molecule has 3 heterocycles. The van der Waals surface area contributed by atoms with Crippen LogP contribution in [0.2, 0.25) is 0 Å². The Bertz CT molecular complexity index is 1730. The van der Waals surface area contributed by atoms with Crippen LogP contribution in [-0.4, -0.2) is 81.5 Å². The van der Waals surface area contributed by atoms with Gasteiger partial charge in [0.25, 0.3) is 11.8 Å². The van der Waals surface area contributed by atoms with Gasteiger partial charge in [-0.3, -0.25) is 24.1 Å². The standard InChI is InChI=1S/C32H30ClN5O8S2/c1-17-21(15-45-18(2)39)26(31(43)46-27(19-10-6-4-7-11-19)20-12-8-5-9-13-20)38-29(42)25(30(38)48-17)36-28(41)24(37-44-3)22-16-47-32(34-22)35-23(40)14-33/h4-13,16-17,25,27,30H,14-15H2,1-3H3,(H,36,41)(H,34,35,40)/b37-24+/t17-,25?,30+/m0/s1. The first-order valence-corrected chi connectivity index (χ1v) is 16.9. The Morgan fingerprint density at radius 2 is 1.71 bits per heavy atom. The number of thioether (sulfide) groups is 1. The average Bonchev–Trinajstić information content (AvgIpc) is 3.55. The molecule has 2 aliphatic rings. The number of hydrogen-bond donors (Lipinski definition) is 2. The molecule has 1 aromatic heterocycles. The number of oxime groups is 1. The Balaban J connectivity index is 1.42. The van der Waals surface area contributed by atoms with Crippen LogP contribution >= 0.6 is 34.7 Å². The lowest BCUT2D eigenvalue weighted by atomic mass is 9.99. The van der Waals surface area contributed by atoms with E-state index >= 15 is 0 Å². The average molecular weight is 712 g/mol. The molecule has 1 unspecified atom stereocenters. The van der Waals surface area contributed by atoms with E-state index in [1.54, 1.807) is 0 Å². The van der Waals surface area contributed by atoms with Gasteiger partial charge >= 0.3 is 11.9 Å². The first-order chi connectivity index (χ1) is 23.1. The summed E-state index contributed by atoms with van der Waals surface area (Å²) in [5.74, 6) is -3.46. The van der Waals surface area contributed by atoms with Crippen molar-refractivity contribution in [2.24, 2.45) is 5.16 Å². The number of β-lactam (4-membered cyclic amide) rings is 1. The predicted molar refractivity (Wildman–Crippen MR) is 179 cm³/mol. The molecule has 3 amide bonds. The summed E-state index contributed by atoms with van der Waals surface area (Å²) in [5.41, 5.74) is 1.63. The molecule has 48 heavy (non-hydrogen) atoms. The normalized spacial score (nSPS) is 18.9. The van der Waals surface area contributed by atoms with Gasteiger partial charge in [0.15, 0.2) is 16.9 Å². The smallest absolute Gasteiger partial charge is 0.356 e. The van der Waals surface area contributed by atoms with Crippen LogP contribution in [0.5, 0.6) is 0 Å². The Morgan fingerprint density at radius 3 is 2.29 bits per heavy atom. The molecule has 3 atom stereocenters. The maximum absolute atomic E-state index is 14.1. The number of rotatable bonds is 12. The number of anilines is 1. The summed E-state index contributed by atoms with van der Waals surface area (Å²) < 4.78 is 11.4. The number of carbonyl (C=O) groups is 5. The van der Waals surface area contributed by atoms with Gasteiger partial charge in [-0.15, -0.1) is 34.7 Å². The van der Waals surface area contributed by atoms with Crippen LogP contribution in [-0.2, 0) is 38.3 Å². The van der Waals surface area contributed by atoms with Crippen molar-refractivity contribution >= 4 is 75.2 Å². The highest BCUT2D eigenvalue weighted by Gasteiger charge is 2.56. The van der Waals surface area contributed by atoms with Crippen LogP contribution in [0.3, 0.4) is 0 Å². The van der Waals surface area contributed by atoms with Crippen molar-refractivity contribution < 1.29 is 38.3 Å². The zero-order chi connectivity index (χ0) is 34.4. The number of alkyl halides is 1. The molecule has 2 N–H and O–H groups in total. The molecule has 3 aromatic rings. The van der Waals surface area contributed by atoms with Crippen LogP contribution in [0.25, 0.3) is 0 Å². The van der Waals surface area contributed by atoms with E-state index < -0.39 is 52.4 Å².